The van der Waals surface area contributed by atoms with E-state index in [0.29, 0.717) is 18.7 Å². The lowest BCUT2D eigenvalue weighted by Gasteiger charge is -2.34. The number of phenolic OH excluding ortho intramolecular Hbond substituents is 1. The number of nitrogens with one attached hydrogen (secondary N) is 2. The van der Waals surface area contributed by atoms with Gasteiger partial charge >= 0.3 is 6.09 Å². The number of rotatable bonds is 17. The quantitative estimate of drug-likeness (QED) is 0.146. The number of ether oxygens (including phenoxy) is 1. The van der Waals surface area contributed by atoms with Crippen molar-refractivity contribution in [3.63, 3.8) is 0 Å². The average molecular weight is 552 g/mol. The minimum atomic E-state index is -0.971. The zero-order valence-electron chi connectivity index (χ0n) is 23.9. The molecular formula is C29H49N3O5S. The van der Waals surface area contributed by atoms with E-state index in [1.54, 1.807) is 37.8 Å². The summed E-state index contributed by atoms with van der Waals surface area (Å²) in [4.78, 5) is 41.4. The lowest BCUT2D eigenvalue weighted by molar-refractivity contribution is -0.142. The first-order chi connectivity index (χ1) is 18.0. The first-order valence-corrected chi connectivity index (χ1v) is 14.6. The van der Waals surface area contributed by atoms with Gasteiger partial charge in [-0.05, 0) is 51.3 Å². The molecule has 2 atom stereocenters. The summed E-state index contributed by atoms with van der Waals surface area (Å²) in [5, 5.41) is 15.5. The molecule has 0 bridgehead atoms. The van der Waals surface area contributed by atoms with Crippen LogP contribution in [-0.4, -0.2) is 58.4 Å². The number of hydrogen-bond donors (Lipinski definition) is 4. The van der Waals surface area contributed by atoms with Crippen molar-refractivity contribution in [3.05, 3.63) is 29.8 Å². The summed E-state index contributed by atoms with van der Waals surface area (Å²) < 4.78 is 5.36. The minimum Gasteiger partial charge on any atom is -0.508 e. The number of aromatic hydroxyl groups is 1. The van der Waals surface area contributed by atoms with E-state index in [4.69, 9.17) is 4.74 Å². The van der Waals surface area contributed by atoms with Gasteiger partial charge in [-0.15, -0.1) is 0 Å². The minimum absolute atomic E-state index is 0.0471. The Balaban J connectivity index is 3.26. The Labute approximate surface area is 234 Å². The maximum atomic E-state index is 13.9. The van der Waals surface area contributed by atoms with E-state index in [-0.39, 0.29) is 17.4 Å². The number of phenols is 1. The summed E-state index contributed by atoms with van der Waals surface area (Å²) in [7, 11) is 0. The van der Waals surface area contributed by atoms with Crippen molar-refractivity contribution in [1.29, 1.82) is 0 Å². The highest BCUT2D eigenvalue weighted by molar-refractivity contribution is 7.80. The molecule has 38 heavy (non-hydrogen) atoms. The van der Waals surface area contributed by atoms with E-state index < -0.39 is 29.7 Å². The third-order valence-electron chi connectivity index (χ3n) is 6.06. The first kappa shape index (κ1) is 33.6. The van der Waals surface area contributed by atoms with E-state index in [0.717, 1.165) is 51.4 Å². The largest absolute Gasteiger partial charge is 0.508 e. The molecule has 0 aromatic heterocycles. The molecule has 0 saturated carbocycles. The lowest BCUT2D eigenvalue weighted by atomic mass is 10.0. The van der Waals surface area contributed by atoms with Crippen molar-refractivity contribution in [3.8, 4) is 5.75 Å². The molecule has 1 rings (SSSR count). The normalized spacial score (nSPS) is 12.9. The van der Waals surface area contributed by atoms with Crippen LogP contribution in [0.4, 0.5) is 4.79 Å². The van der Waals surface area contributed by atoms with Crippen LogP contribution in [0.2, 0.25) is 0 Å². The third kappa shape index (κ3) is 12.9. The number of hydrogen-bond acceptors (Lipinski definition) is 6. The molecule has 0 aliphatic carbocycles. The lowest BCUT2D eigenvalue weighted by Crippen LogP contribution is -2.54. The van der Waals surface area contributed by atoms with Gasteiger partial charge in [0.05, 0.1) is 0 Å². The van der Waals surface area contributed by atoms with Crippen molar-refractivity contribution in [2.45, 2.75) is 110 Å². The van der Waals surface area contributed by atoms with Gasteiger partial charge in [0.25, 0.3) is 0 Å². The fourth-order valence-corrected chi connectivity index (χ4v) is 4.32. The number of unbranched alkanes of at least 4 members (excludes halogenated alkanes) is 7. The van der Waals surface area contributed by atoms with Crippen LogP contribution in [-0.2, 0) is 14.3 Å². The molecule has 1 aromatic rings. The fraction of sp³-hybridized carbons (Fsp3) is 0.690. The number of amides is 3. The molecule has 0 radical (unpaired) electrons. The number of thiol groups is 1. The predicted octanol–water partition coefficient (Wildman–Crippen LogP) is 5.75. The van der Waals surface area contributed by atoms with Crippen LogP contribution in [0.1, 0.15) is 104 Å². The van der Waals surface area contributed by atoms with E-state index in [1.165, 1.54) is 18.6 Å². The maximum absolute atomic E-state index is 13.9. The van der Waals surface area contributed by atoms with Gasteiger partial charge in [-0.2, -0.15) is 12.6 Å². The summed E-state index contributed by atoms with van der Waals surface area (Å²) in [6.07, 6.45) is 8.29. The molecule has 0 heterocycles. The number of benzene rings is 1. The van der Waals surface area contributed by atoms with Gasteiger partial charge < -0.3 is 25.4 Å². The second-order valence-electron chi connectivity index (χ2n) is 10.7. The van der Waals surface area contributed by atoms with Crippen molar-refractivity contribution in [2.75, 3.05) is 18.8 Å². The summed E-state index contributed by atoms with van der Waals surface area (Å²) in [5.74, 6) is -0.571. The molecular weight excluding hydrogens is 502 g/mol. The highest BCUT2D eigenvalue weighted by atomic mass is 32.1. The van der Waals surface area contributed by atoms with Crippen molar-refractivity contribution >= 4 is 30.5 Å². The molecule has 0 aliphatic rings. The SMILES string of the molecule is CCCCCCCCN(C(=O)C(CS)NC(=O)OC(C)(C)C)C(C(=O)NCCCCC)c1ccc(O)cc1. The molecule has 9 heteroatoms. The van der Waals surface area contributed by atoms with Crippen LogP contribution in [0.25, 0.3) is 0 Å². The number of carbonyl (C=O) groups is 3. The van der Waals surface area contributed by atoms with E-state index in [1.807, 2.05) is 0 Å². The Kier molecular flexibility index (Phi) is 15.9. The van der Waals surface area contributed by atoms with Crippen molar-refractivity contribution < 1.29 is 24.2 Å². The molecule has 8 nitrogen and oxygen atoms in total. The Bertz CT molecular complexity index is 842. The molecule has 3 amide bonds. The van der Waals surface area contributed by atoms with Gasteiger partial charge in [-0.3, -0.25) is 9.59 Å². The topological polar surface area (TPSA) is 108 Å². The number of nitrogens with zero attached hydrogens (tertiary/aromatic N) is 1. The highest BCUT2D eigenvalue weighted by Gasteiger charge is 2.35. The maximum Gasteiger partial charge on any atom is 0.408 e. The Morgan fingerprint density at radius 3 is 2.11 bits per heavy atom. The first-order valence-electron chi connectivity index (χ1n) is 14.0. The second-order valence-corrected chi connectivity index (χ2v) is 11.0. The summed E-state index contributed by atoms with van der Waals surface area (Å²) in [6, 6.07) is 4.45. The smallest absolute Gasteiger partial charge is 0.408 e. The highest BCUT2D eigenvalue weighted by Crippen LogP contribution is 2.25. The average Bonchev–Trinajstić information content (AvgIpc) is 2.86. The van der Waals surface area contributed by atoms with E-state index in [2.05, 4.69) is 37.1 Å². The fourth-order valence-electron chi connectivity index (χ4n) is 4.08. The number of carbonyl (C=O) groups excluding carboxylic acids is 3. The molecule has 216 valence electrons. The summed E-state index contributed by atoms with van der Waals surface area (Å²) in [6.45, 7) is 10.4. The van der Waals surface area contributed by atoms with Crippen LogP contribution in [0, 0.1) is 0 Å². The van der Waals surface area contributed by atoms with Crippen LogP contribution in [0.5, 0.6) is 5.75 Å². The molecule has 3 N–H and O–H groups in total. The van der Waals surface area contributed by atoms with Crippen molar-refractivity contribution in [1.82, 2.24) is 15.5 Å². The Hall–Kier alpha value is -2.42. The summed E-state index contributed by atoms with van der Waals surface area (Å²) in [5.41, 5.74) is -0.135. The zero-order chi connectivity index (χ0) is 28.6. The standard InChI is InChI=1S/C29H49N3O5S/c1-6-8-10-11-12-14-20-32(27(35)24(21-38)31-28(36)37-29(3,4)5)25(22-15-17-23(33)18-16-22)26(34)30-19-13-9-7-2/h15-18,24-25,33,38H,6-14,19-21H2,1-5H3,(H,30,34)(H,31,36). The van der Waals surface area contributed by atoms with Gasteiger partial charge in [0.2, 0.25) is 11.8 Å². The van der Waals surface area contributed by atoms with Gasteiger partial charge in [0.15, 0.2) is 0 Å². The predicted molar refractivity (Wildman–Crippen MR) is 155 cm³/mol. The van der Waals surface area contributed by atoms with Gasteiger partial charge in [0.1, 0.15) is 23.4 Å². The molecule has 0 saturated heterocycles. The Morgan fingerprint density at radius 1 is 0.947 bits per heavy atom. The van der Waals surface area contributed by atoms with Gasteiger partial charge in [-0.1, -0.05) is 70.9 Å². The molecule has 0 spiro atoms. The third-order valence-corrected chi connectivity index (χ3v) is 6.42. The molecule has 2 unspecified atom stereocenters. The molecule has 1 aromatic carbocycles. The number of alkyl carbamates (subject to hydrolysis) is 1. The van der Waals surface area contributed by atoms with Crippen molar-refractivity contribution in [2.24, 2.45) is 0 Å². The van der Waals surface area contributed by atoms with Crippen LogP contribution < -0.4 is 10.6 Å². The summed E-state index contributed by atoms with van der Waals surface area (Å²) >= 11 is 4.33. The van der Waals surface area contributed by atoms with Crippen LogP contribution in [0.3, 0.4) is 0 Å². The van der Waals surface area contributed by atoms with Crippen LogP contribution >= 0.6 is 12.6 Å². The van der Waals surface area contributed by atoms with E-state index >= 15 is 0 Å². The Morgan fingerprint density at radius 2 is 1.53 bits per heavy atom. The zero-order valence-corrected chi connectivity index (χ0v) is 24.8. The monoisotopic (exact) mass is 551 g/mol. The van der Waals surface area contributed by atoms with Gasteiger partial charge in [0, 0.05) is 18.8 Å². The van der Waals surface area contributed by atoms with Gasteiger partial charge in [-0.25, -0.2) is 4.79 Å². The second kappa shape index (κ2) is 18.0. The molecule has 0 aliphatic heterocycles. The van der Waals surface area contributed by atoms with E-state index in [9.17, 15) is 19.5 Å². The molecule has 0 fully saturated rings. The van der Waals surface area contributed by atoms with Crippen LogP contribution in [0.15, 0.2) is 24.3 Å².